The number of rotatable bonds is 4. The van der Waals surface area contributed by atoms with Crippen molar-refractivity contribution in [2.24, 2.45) is 0 Å². The van der Waals surface area contributed by atoms with E-state index in [-0.39, 0.29) is 24.2 Å². The summed E-state index contributed by atoms with van der Waals surface area (Å²) in [6.07, 6.45) is 0.0514. The molecular weight excluding hydrogens is 209 g/mol. The lowest BCUT2D eigenvalue weighted by Crippen LogP contribution is -2.11. The predicted octanol–water partition coefficient (Wildman–Crippen LogP) is 1.44. The summed E-state index contributed by atoms with van der Waals surface area (Å²) in [5, 5.41) is 10.8. The molecule has 0 atom stereocenters. The highest BCUT2D eigenvalue weighted by Gasteiger charge is 2.23. The molecule has 0 saturated carbocycles. The Morgan fingerprint density at radius 1 is 1.56 bits per heavy atom. The van der Waals surface area contributed by atoms with Gasteiger partial charge in [-0.05, 0) is 12.5 Å². The van der Waals surface area contributed by atoms with E-state index in [4.69, 9.17) is 12.6 Å². The van der Waals surface area contributed by atoms with Crippen LogP contribution in [0.1, 0.15) is 22.8 Å². The molecule has 1 aromatic rings. The minimum atomic E-state index is -0.713. The average Bonchev–Trinajstić information content (AvgIpc) is 2.28. The van der Waals surface area contributed by atoms with Gasteiger partial charge in [-0.25, -0.2) is 4.79 Å². The molecule has 0 aliphatic rings. The van der Waals surface area contributed by atoms with Crippen LogP contribution in [0.3, 0.4) is 0 Å². The summed E-state index contributed by atoms with van der Waals surface area (Å²) in [5.74, 6) is -0.713. The molecule has 0 heterocycles. The third-order valence-electron chi connectivity index (χ3n) is 2.02. The highest BCUT2D eigenvalue weighted by Crippen LogP contribution is 2.23. The van der Waals surface area contributed by atoms with Crippen molar-refractivity contribution in [3.8, 4) is 0 Å². The zero-order valence-corrected chi connectivity index (χ0v) is 8.80. The molecule has 0 fully saturated rings. The van der Waals surface area contributed by atoms with Crippen molar-refractivity contribution in [1.82, 2.24) is 0 Å². The van der Waals surface area contributed by atoms with Crippen molar-refractivity contribution >= 4 is 19.5 Å². The van der Waals surface area contributed by atoms with Gasteiger partial charge in [-0.15, -0.1) is 0 Å². The third-order valence-corrected chi connectivity index (χ3v) is 2.02. The van der Waals surface area contributed by atoms with Crippen molar-refractivity contribution < 1.29 is 14.5 Å². The molecule has 1 rings (SSSR count). The highest BCUT2D eigenvalue weighted by atomic mass is 16.6. The van der Waals surface area contributed by atoms with Gasteiger partial charge in [-0.1, -0.05) is 18.5 Å². The first-order chi connectivity index (χ1) is 7.61. The molecule has 0 bridgehead atoms. The Morgan fingerprint density at radius 3 is 2.75 bits per heavy atom. The Bertz CT molecular complexity index is 419. The van der Waals surface area contributed by atoms with E-state index in [0.717, 1.165) is 0 Å². The lowest BCUT2D eigenvalue weighted by molar-refractivity contribution is -0.385. The molecule has 0 N–H and O–H groups in total. The molecule has 1 aromatic carbocycles. The molecule has 0 unspecified atom stereocenters. The number of carbonyl (C=O) groups is 1. The van der Waals surface area contributed by atoms with Crippen molar-refractivity contribution in [3.63, 3.8) is 0 Å². The van der Waals surface area contributed by atoms with Crippen molar-refractivity contribution in [1.29, 1.82) is 0 Å². The molecule has 0 amide bonds. The Morgan fingerprint density at radius 2 is 2.25 bits per heavy atom. The van der Waals surface area contributed by atoms with Crippen LogP contribution in [0.2, 0.25) is 0 Å². The van der Waals surface area contributed by atoms with Crippen LogP contribution in [-0.2, 0) is 11.1 Å². The predicted molar refractivity (Wildman–Crippen MR) is 58.5 cm³/mol. The van der Waals surface area contributed by atoms with Gasteiger partial charge in [0.2, 0.25) is 0 Å². The normalized spacial score (nSPS) is 9.81. The number of hydrogen-bond acceptors (Lipinski definition) is 4. The van der Waals surface area contributed by atoms with Gasteiger partial charge in [-0.3, -0.25) is 10.1 Å². The standard InChI is InChI=1S/C10H10BNO4/c1-2-16-10(13)9-7(6-11)4-3-5-8(9)12(14)15/h3-5H,2,6H2,1H3. The number of ether oxygens (including phenoxy) is 1. The summed E-state index contributed by atoms with van der Waals surface area (Å²) < 4.78 is 4.76. The summed E-state index contributed by atoms with van der Waals surface area (Å²) in [6, 6.07) is 4.31. The van der Waals surface area contributed by atoms with Crippen molar-refractivity contribution in [3.05, 3.63) is 39.4 Å². The molecule has 6 heteroatoms. The summed E-state index contributed by atoms with van der Waals surface area (Å²) in [4.78, 5) is 21.7. The van der Waals surface area contributed by atoms with Crippen LogP contribution in [0, 0.1) is 10.1 Å². The van der Waals surface area contributed by atoms with E-state index >= 15 is 0 Å². The lowest BCUT2D eigenvalue weighted by atomic mass is 9.92. The van der Waals surface area contributed by atoms with Gasteiger partial charge in [0.1, 0.15) is 5.56 Å². The maximum Gasteiger partial charge on any atom is 0.345 e. The van der Waals surface area contributed by atoms with Gasteiger partial charge in [-0.2, -0.15) is 0 Å². The molecule has 0 aromatic heterocycles. The van der Waals surface area contributed by atoms with Crippen LogP contribution in [0.5, 0.6) is 0 Å². The first kappa shape index (κ1) is 12.2. The maximum absolute atomic E-state index is 11.6. The van der Waals surface area contributed by atoms with Crippen LogP contribution in [0.25, 0.3) is 0 Å². The van der Waals surface area contributed by atoms with Crippen LogP contribution in [0.15, 0.2) is 18.2 Å². The molecule has 0 aliphatic carbocycles. The number of nitro groups is 1. The zero-order chi connectivity index (χ0) is 12.1. The number of carbonyl (C=O) groups excluding carboxylic acids is 1. The Hall–Kier alpha value is -1.85. The number of benzene rings is 1. The first-order valence-corrected chi connectivity index (χ1v) is 4.75. The Labute approximate surface area is 94.0 Å². The number of hydrogen-bond donors (Lipinski definition) is 0. The quantitative estimate of drug-likeness (QED) is 0.332. The number of esters is 1. The fourth-order valence-electron chi connectivity index (χ4n) is 1.35. The van der Waals surface area contributed by atoms with Gasteiger partial charge in [0.05, 0.1) is 19.4 Å². The molecular formula is C10H10BNO4. The smallest absolute Gasteiger partial charge is 0.345 e. The molecule has 82 valence electrons. The van der Waals surface area contributed by atoms with E-state index in [1.165, 1.54) is 12.1 Å². The van der Waals surface area contributed by atoms with E-state index in [0.29, 0.717) is 5.56 Å². The molecule has 0 saturated heterocycles. The second-order valence-electron chi connectivity index (χ2n) is 2.99. The fourth-order valence-corrected chi connectivity index (χ4v) is 1.35. The minimum absolute atomic E-state index is 0.0514. The summed E-state index contributed by atoms with van der Waals surface area (Å²) in [6.45, 7) is 1.80. The largest absolute Gasteiger partial charge is 0.462 e. The van der Waals surface area contributed by atoms with Crippen molar-refractivity contribution in [2.75, 3.05) is 6.61 Å². The van der Waals surface area contributed by atoms with E-state index in [9.17, 15) is 14.9 Å². The monoisotopic (exact) mass is 219 g/mol. The highest BCUT2D eigenvalue weighted by molar-refractivity contribution is 6.10. The Balaban J connectivity index is 3.30. The topological polar surface area (TPSA) is 69.4 Å². The van der Waals surface area contributed by atoms with E-state index in [2.05, 4.69) is 0 Å². The van der Waals surface area contributed by atoms with Gasteiger partial charge in [0, 0.05) is 6.07 Å². The molecule has 0 spiro atoms. The molecule has 16 heavy (non-hydrogen) atoms. The van der Waals surface area contributed by atoms with Crippen molar-refractivity contribution in [2.45, 2.75) is 13.2 Å². The lowest BCUT2D eigenvalue weighted by Gasteiger charge is -2.07. The summed E-state index contributed by atoms with van der Waals surface area (Å²) in [5.41, 5.74) is 0.0749. The molecule has 2 radical (unpaired) electrons. The first-order valence-electron chi connectivity index (χ1n) is 4.75. The SMILES string of the molecule is [B]Cc1cccc([N+](=O)[O-])c1C(=O)OCC. The Kier molecular flexibility index (Phi) is 4.05. The fraction of sp³-hybridized carbons (Fsp3) is 0.300. The van der Waals surface area contributed by atoms with Crippen LogP contribution in [0.4, 0.5) is 5.69 Å². The van der Waals surface area contributed by atoms with Gasteiger partial charge < -0.3 is 4.74 Å². The third kappa shape index (κ3) is 2.39. The van der Waals surface area contributed by atoms with E-state index in [1.807, 2.05) is 0 Å². The second kappa shape index (κ2) is 5.30. The van der Waals surface area contributed by atoms with Crippen LogP contribution < -0.4 is 0 Å². The van der Waals surface area contributed by atoms with Crippen LogP contribution in [-0.4, -0.2) is 25.3 Å². The molecule has 5 nitrogen and oxygen atoms in total. The van der Waals surface area contributed by atoms with E-state index < -0.39 is 10.9 Å². The van der Waals surface area contributed by atoms with E-state index in [1.54, 1.807) is 13.0 Å². The summed E-state index contributed by atoms with van der Waals surface area (Å²) >= 11 is 0. The summed E-state index contributed by atoms with van der Waals surface area (Å²) in [7, 11) is 5.42. The van der Waals surface area contributed by atoms with Crippen LogP contribution >= 0.6 is 0 Å². The number of nitro benzene ring substituents is 1. The van der Waals surface area contributed by atoms with Gasteiger partial charge in [0.15, 0.2) is 0 Å². The second-order valence-corrected chi connectivity index (χ2v) is 2.99. The van der Waals surface area contributed by atoms with Gasteiger partial charge >= 0.3 is 5.97 Å². The zero-order valence-electron chi connectivity index (χ0n) is 8.80. The average molecular weight is 219 g/mol. The maximum atomic E-state index is 11.6. The minimum Gasteiger partial charge on any atom is -0.462 e. The van der Waals surface area contributed by atoms with Gasteiger partial charge in [0.25, 0.3) is 5.69 Å². The molecule has 0 aliphatic heterocycles. The number of nitrogens with zero attached hydrogens (tertiary/aromatic N) is 1.